The first kappa shape index (κ1) is 19.8. The van der Waals surface area contributed by atoms with Crippen LogP contribution in [0.2, 0.25) is 0 Å². The lowest BCUT2D eigenvalue weighted by atomic mass is 10.1. The number of carbonyl (C=O) groups excluding carboxylic acids is 1. The first-order valence-electron chi connectivity index (χ1n) is 8.55. The summed E-state index contributed by atoms with van der Waals surface area (Å²) in [5.41, 5.74) is 0.617. The van der Waals surface area contributed by atoms with E-state index in [2.05, 4.69) is 15.5 Å². The maximum atomic E-state index is 13.0. The summed E-state index contributed by atoms with van der Waals surface area (Å²) in [6.07, 6.45) is 0. The Kier molecular flexibility index (Phi) is 6.95. The van der Waals surface area contributed by atoms with Crippen LogP contribution in [0.5, 0.6) is 0 Å². The molecule has 0 aromatic heterocycles. The molecule has 1 aromatic carbocycles. The minimum Gasteiger partial charge on any atom is -0.352 e. The highest BCUT2D eigenvalue weighted by Crippen LogP contribution is 2.21. The van der Waals surface area contributed by atoms with Gasteiger partial charge in [-0.15, -0.1) is 0 Å². The lowest BCUT2D eigenvalue weighted by Gasteiger charge is -2.32. The standard InChI is InChI=1S/C17H28N4O3S/c1-14(12-18-2)17(22)19-13-15-6-4-5-7-16(15)25(23,24)21-10-8-20(3)9-11-21/h4-7,14,18H,8-13H2,1-3H3,(H,19,22). The lowest BCUT2D eigenvalue weighted by Crippen LogP contribution is -2.47. The van der Waals surface area contributed by atoms with Gasteiger partial charge in [0.15, 0.2) is 0 Å². The fourth-order valence-electron chi connectivity index (χ4n) is 2.82. The molecular formula is C17H28N4O3S. The van der Waals surface area contributed by atoms with E-state index in [-0.39, 0.29) is 23.3 Å². The number of benzene rings is 1. The Bertz CT molecular complexity index is 685. The minimum absolute atomic E-state index is 0.0962. The summed E-state index contributed by atoms with van der Waals surface area (Å²) < 4.78 is 27.5. The molecule has 7 nitrogen and oxygen atoms in total. The quantitative estimate of drug-likeness (QED) is 0.713. The van der Waals surface area contributed by atoms with E-state index in [0.717, 1.165) is 13.1 Å². The molecule has 2 rings (SSSR count). The Morgan fingerprint density at radius 2 is 1.84 bits per heavy atom. The van der Waals surface area contributed by atoms with Gasteiger partial charge in [-0.3, -0.25) is 4.79 Å². The first-order chi connectivity index (χ1) is 11.9. The Labute approximate surface area is 150 Å². The van der Waals surface area contributed by atoms with Crippen molar-refractivity contribution in [1.82, 2.24) is 19.8 Å². The highest BCUT2D eigenvalue weighted by molar-refractivity contribution is 7.89. The van der Waals surface area contributed by atoms with Gasteiger partial charge in [-0.2, -0.15) is 4.31 Å². The smallest absolute Gasteiger partial charge is 0.243 e. The number of likely N-dealkylation sites (N-methyl/N-ethyl adjacent to an activating group) is 1. The van der Waals surface area contributed by atoms with Gasteiger partial charge < -0.3 is 15.5 Å². The number of nitrogens with zero attached hydrogens (tertiary/aromatic N) is 2. The van der Waals surface area contributed by atoms with Crippen molar-refractivity contribution in [3.05, 3.63) is 29.8 Å². The van der Waals surface area contributed by atoms with Crippen molar-refractivity contribution in [3.63, 3.8) is 0 Å². The van der Waals surface area contributed by atoms with Crippen LogP contribution < -0.4 is 10.6 Å². The van der Waals surface area contributed by atoms with E-state index in [9.17, 15) is 13.2 Å². The summed E-state index contributed by atoms with van der Waals surface area (Å²) in [7, 11) is 0.228. The average molecular weight is 369 g/mol. The second-order valence-electron chi connectivity index (χ2n) is 6.49. The highest BCUT2D eigenvalue weighted by atomic mass is 32.2. The first-order valence-corrected chi connectivity index (χ1v) is 9.99. The van der Waals surface area contributed by atoms with Crippen molar-refractivity contribution in [3.8, 4) is 0 Å². The zero-order chi connectivity index (χ0) is 18.4. The third-order valence-corrected chi connectivity index (χ3v) is 6.46. The molecule has 1 fully saturated rings. The topological polar surface area (TPSA) is 81.8 Å². The van der Waals surface area contributed by atoms with Gasteiger partial charge >= 0.3 is 0 Å². The van der Waals surface area contributed by atoms with Crippen molar-refractivity contribution in [2.75, 3.05) is 46.8 Å². The van der Waals surface area contributed by atoms with Gasteiger partial charge in [0.1, 0.15) is 0 Å². The zero-order valence-corrected chi connectivity index (χ0v) is 16.0. The van der Waals surface area contributed by atoms with Crippen LogP contribution in [0, 0.1) is 5.92 Å². The van der Waals surface area contributed by atoms with Crippen LogP contribution in [0.4, 0.5) is 0 Å². The fourth-order valence-corrected chi connectivity index (χ4v) is 4.47. The van der Waals surface area contributed by atoms with Crippen LogP contribution in [0.3, 0.4) is 0 Å². The van der Waals surface area contributed by atoms with E-state index in [0.29, 0.717) is 25.2 Å². The zero-order valence-electron chi connectivity index (χ0n) is 15.2. The molecule has 1 saturated heterocycles. The summed E-state index contributed by atoms with van der Waals surface area (Å²) in [5, 5.41) is 5.80. The molecule has 1 unspecified atom stereocenters. The maximum absolute atomic E-state index is 13.0. The summed E-state index contributed by atoms with van der Waals surface area (Å²) >= 11 is 0. The molecule has 1 heterocycles. The molecular weight excluding hydrogens is 340 g/mol. The van der Waals surface area contributed by atoms with Crippen molar-refractivity contribution < 1.29 is 13.2 Å². The second kappa shape index (κ2) is 8.75. The van der Waals surface area contributed by atoms with Gasteiger partial charge in [-0.25, -0.2) is 8.42 Å². The molecule has 1 aliphatic rings. The van der Waals surface area contributed by atoms with Gasteiger partial charge in [0, 0.05) is 45.2 Å². The lowest BCUT2D eigenvalue weighted by molar-refractivity contribution is -0.124. The minimum atomic E-state index is -3.55. The molecule has 1 aromatic rings. The molecule has 25 heavy (non-hydrogen) atoms. The van der Waals surface area contributed by atoms with Gasteiger partial charge in [0.05, 0.1) is 4.90 Å². The molecule has 140 valence electrons. The number of hydrogen-bond donors (Lipinski definition) is 2. The van der Waals surface area contributed by atoms with E-state index in [1.54, 1.807) is 31.3 Å². The predicted octanol–water partition coefficient (Wildman–Crippen LogP) is 0.0944. The van der Waals surface area contributed by atoms with Gasteiger partial charge in [-0.1, -0.05) is 25.1 Å². The molecule has 1 atom stereocenters. The number of nitrogens with one attached hydrogen (secondary N) is 2. The molecule has 0 aliphatic carbocycles. The molecule has 0 bridgehead atoms. The normalized spacial score (nSPS) is 18.0. The van der Waals surface area contributed by atoms with Crippen LogP contribution in [0.25, 0.3) is 0 Å². The number of hydrogen-bond acceptors (Lipinski definition) is 5. The third-order valence-electron chi connectivity index (χ3n) is 4.46. The van der Waals surface area contributed by atoms with Crippen LogP contribution in [0.15, 0.2) is 29.2 Å². The summed E-state index contributed by atoms with van der Waals surface area (Å²) in [6, 6.07) is 6.89. The molecule has 1 aliphatic heterocycles. The second-order valence-corrected chi connectivity index (χ2v) is 8.40. The molecule has 0 saturated carbocycles. The summed E-state index contributed by atoms with van der Waals surface area (Å²) in [4.78, 5) is 14.5. The van der Waals surface area contributed by atoms with E-state index in [1.807, 2.05) is 14.0 Å². The Morgan fingerprint density at radius 1 is 1.20 bits per heavy atom. The Balaban J connectivity index is 2.13. The maximum Gasteiger partial charge on any atom is 0.243 e. The number of amides is 1. The molecule has 2 N–H and O–H groups in total. The summed E-state index contributed by atoms with van der Waals surface area (Å²) in [6.45, 7) is 5.03. The molecule has 1 amide bonds. The number of carbonyl (C=O) groups is 1. The van der Waals surface area contributed by atoms with Crippen LogP contribution in [0.1, 0.15) is 12.5 Å². The van der Waals surface area contributed by atoms with Crippen molar-refractivity contribution in [1.29, 1.82) is 0 Å². The van der Waals surface area contributed by atoms with Gasteiger partial charge in [0.25, 0.3) is 0 Å². The van der Waals surface area contributed by atoms with Gasteiger partial charge in [-0.05, 0) is 25.7 Å². The Hall–Kier alpha value is -1.48. The predicted molar refractivity (Wildman–Crippen MR) is 97.6 cm³/mol. The van der Waals surface area contributed by atoms with Crippen molar-refractivity contribution in [2.24, 2.45) is 5.92 Å². The largest absolute Gasteiger partial charge is 0.352 e. The van der Waals surface area contributed by atoms with E-state index < -0.39 is 10.0 Å². The number of piperazine rings is 1. The number of rotatable bonds is 7. The van der Waals surface area contributed by atoms with Crippen molar-refractivity contribution >= 4 is 15.9 Å². The van der Waals surface area contributed by atoms with Gasteiger partial charge in [0.2, 0.25) is 15.9 Å². The Morgan fingerprint density at radius 3 is 2.48 bits per heavy atom. The van der Waals surface area contributed by atoms with E-state index >= 15 is 0 Å². The molecule has 8 heteroatoms. The van der Waals surface area contributed by atoms with E-state index in [4.69, 9.17) is 0 Å². The van der Waals surface area contributed by atoms with E-state index in [1.165, 1.54) is 4.31 Å². The summed E-state index contributed by atoms with van der Waals surface area (Å²) in [5.74, 6) is -0.271. The third kappa shape index (κ3) is 5.01. The number of sulfonamides is 1. The monoisotopic (exact) mass is 368 g/mol. The average Bonchev–Trinajstić information content (AvgIpc) is 2.60. The van der Waals surface area contributed by atoms with Crippen molar-refractivity contribution in [2.45, 2.75) is 18.4 Å². The SMILES string of the molecule is CNCC(C)C(=O)NCc1ccccc1S(=O)(=O)N1CCN(C)CC1. The van der Waals surface area contributed by atoms with Crippen LogP contribution in [-0.4, -0.2) is 70.3 Å². The highest BCUT2D eigenvalue weighted by Gasteiger charge is 2.29. The molecule has 0 spiro atoms. The van der Waals surface area contributed by atoms with Crippen LogP contribution in [-0.2, 0) is 21.4 Å². The van der Waals surface area contributed by atoms with Crippen LogP contribution >= 0.6 is 0 Å². The molecule has 0 radical (unpaired) electrons. The fraction of sp³-hybridized carbons (Fsp3) is 0.588.